The van der Waals surface area contributed by atoms with Gasteiger partial charge in [0.05, 0.1) is 28.6 Å². The molecule has 7 heteroatoms. The van der Waals surface area contributed by atoms with Crippen LogP contribution in [0.2, 0.25) is 0 Å². The SMILES string of the molecule is CCCCC(=O)Nc1cncc(-c2ccc3c(c2)C(c2nc4c(-c5ccccn5)cccc4[nH]2)=NCCC3)c1. The first-order chi connectivity index (χ1) is 19.2. The van der Waals surface area contributed by atoms with Gasteiger partial charge in [0.1, 0.15) is 5.71 Å². The van der Waals surface area contributed by atoms with Gasteiger partial charge in [0, 0.05) is 42.0 Å². The number of imidazole rings is 1. The lowest BCUT2D eigenvalue weighted by molar-refractivity contribution is -0.116. The van der Waals surface area contributed by atoms with Crippen molar-refractivity contribution in [2.45, 2.75) is 39.0 Å². The summed E-state index contributed by atoms with van der Waals surface area (Å²) < 4.78 is 0. The average molecular weight is 515 g/mol. The van der Waals surface area contributed by atoms with Gasteiger partial charge in [-0.05, 0) is 60.7 Å². The van der Waals surface area contributed by atoms with Crippen molar-refractivity contribution in [1.29, 1.82) is 0 Å². The molecule has 1 aliphatic rings. The van der Waals surface area contributed by atoms with E-state index >= 15 is 0 Å². The normalized spacial score (nSPS) is 13.0. The van der Waals surface area contributed by atoms with Crippen molar-refractivity contribution in [1.82, 2.24) is 19.9 Å². The van der Waals surface area contributed by atoms with Crippen molar-refractivity contribution >= 4 is 28.3 Å². The molecule has 3 aromatic heterocycles. The molecule has 194 valence electrons. The lowest BCUT2D eigenvalue weighted by Gasteiger charge is -2.12. The maximum atomic E-state index is 12.3. The van der Waals surface area contributed by atoms with E-state index in [1.54, 1.807) is 12.4 Å². The van der Waals surface area contributed by atoms with Gasteiger partial charge in [-0.1, -0.05) is 43.7 Å². The number of aryl methyl sites for hydroxylation is 1. The molecule has 0 radical (unpaired) electrons. The van der Waals surface area contributed by atoms with Crippen LogP contribution in [0.15, 0.2) is 84.2 Å². The van der Waals surface area contributed by atoms with E-state index in [4.69, 9.17) is 9.98 Å². The van der Waals surface area contributed by atoms with E-state index in [1.807, 2.05) is 42.6 Å². The molecule has 39 heavy (non-hydrogen) atoms. The molecule has 0 spiro atoms. The summed E-state index contributed by atoms with van der Waals surface area (Å²) >= 11 is 0. The Morgan fingerprint density at radius 1 is 1.00 bits per heavy atom. The molecule has 0 saturated heterocycles. The number of aromatic nitrogens is 4. The first-order valence-corrected chi connectivity index (χ1v) is 13.5. The molecule has 2 aromatic carbocycles. The molecule has 6 rings (SSSR count). The van der Waals surface area contributed by atoms with Gasteiger partial charge in [-0.15, -0.1) is 0 Å². The minimum absolute atomic E-state index is 0.0158. The molecule has 7 nitrogen and oxygen atoms in total. The number of nitrogens with one attached hydrogen (secondary N) is 2. The Labute approximate surface area is 227 Å². The molecule has 0 atom stereocenters. The van der Waals surface area contributed by atoms with E-state index in [-0.39, 0.29) is 5.91 Å². The number of carbonyl (C=O) groups is 1. The van der Waals surface area contributed by atoms with Crippen LogP contribution < -0.4 is 5.32 Å². The molecule has 0 unspecified atom stereocenters. The molecular formula is C32H30N6O. The number of carbonyl (C=O) groups excluding carboxylic acids is 1. The van der Waals surface area contributed by atoms with Gasteiger partial charge >= 0.3 is 0 Å². The molecule has 5 aromatic rings. The Morgan fingerprint density at radius 2 is 1.95 bits per heavy atom. The minimum atomic E-state index is 0.0158. The molecule has 0 aliphatic carbocycles. The molecule has 1 amide bonds. The molecule has 0 fully saturated rings. The van der Waals surface area contributed by atoms with Crippen molar-refractivity contribution in [3.05, 3.63) is 96.2 Å². The number of unbranched alkanes of at least 4 members (excludes halogenated alkanes) is 1. The van der Waals surface area contributed by atoms with Crippen LogP contribution in [-0.2, 0) is 11.2 Å². The maximum Gasteiger partial charge on any atom is 0.224 e. The summed E-state index contributed by atoms with van der Waals surface area (Å²) in [5.41, 5.74) is 9.56. The number of aliphatic imine (C=N–C) groups is 1. The molecule has 1 aliphatic heterocycles. The second-order valence-electron chi connectivity index (χ2n) is 9.82. The van der Waals surface area contributed by atoms with Crippen LogP contribution in [0.1, 0.15) is 49.6 Å². The summed E-state index contributed by atoms with van der Waals surface area (Å²) in [6, 6.07) is 20.5. The quantitative estimate of drug-likeness (QED) is 0.256. The molecular weight excluding hydrogens is 484 g/mol. The van der Waals surface area contributed by atoms with Crippen molar-refractivity contribution in [2.24, 2.45) is 4.99 Å². The third-order valence-electron chi connectivity index (χ3n) is 7.03. The topological polar surface area (TPSA) is 95.9 Å². The number of pyridine rings is 2. The number of anilines is 1. The van der Waals surface area contributed by atoms with Crippen LogP contribution >= 0.6 is 0 Å². The highest BCUT2D eigenvalue weighted by atomic mass is 16.1. The number of benzene rings is 2. The number of hydrogen-bond donors (Lipinski definition) is 2. The van der Waals surface area contributed by atoms with Crippen LogP contribution in [0.25, 0.3) is 33.4 Å². The van der Waals surface area contributed by atoms with Gasteiger partial charge < -0.3 is 10.3 Å². The van der Waals surface area contributed by atoms with Gasteiger partial charge in [-0.25, -0.2) is 4.98 Å². The lowest BCUT2D eigenvalue weighted by atomic mass is 9.95. The fourth-order valence-corrected chi connectivity index (χ4v) is 5.04. The summed E-state index contributed by atoms with van der Waals surface area (Å²) in [4.78, 5) is 34.8. The number of hydrogen-bond acceptors (Lipinski definition) is 5. The number of amides is 1. The van der Waals surface area contributed by atoms with E-state index in [0.29, 0.717) is 12.1 Å². The third kappa shape index (κ3) is 5.21. The van der Waals surface area contributed by atoms with Crippen molar-refractivity contribution in [3.8, 4) is 22.4 Å². The number of fused-ring (bicyclic) bond motifs is 2. The van der Waals surface area contributed by atoms with Gasteiger partial charge in [0.25, 0.3) is 0 Å². The van der Waals surface area contributed by atoms with E-state index < -0.39 is 0 Å². The third-order valence-corrected chi connectivity index (χ3v) is 7.03. The molecule has 0 saturated carbocycles. The Morgan fingerprint density at radius 3 is 2.82 bits per heavy atom. The smallest absolute Gasteiger partial charge is 0.224 e. The average Bonchev–Trinajstić information content (AvgIpc) is 3.30. The number of aromatic amines is 1. The van der Waals surface area contributed by atoms with Crippen molar-refractivity contribution in [3.63, 3.8) is 0 Å². The Kier molecular flexibility index (Phi) is 6.95. The fourth-order valence-electron chi connectivity index (χ4n) is 5.04. The maximum absolute atomic E-state index is 12.3. The van der Waals surface area contributed by atoms with Gasteiger partial charge in [-0.2, -0.15) is 0 Å². The monoisotopic (exact) mass is 514 g/mol. The molecule has 2 N–H and O–H groups in total. The zero-order valence-electron chi connectivity index (χ0n) is 21.9. The predicted molar refractivity (Wildman–Crippen MR) is 156 cm³/mol. The fraction of sp³-hybridized carbons (Fsp3) is 0.219. The molecule has 4 heterocycles. The van der Waals surface area contributed by atoms with Crippen LogP contribution in [0.5, 0.6) is 0 Å². The second kappa shape index (κ2) is 11.0. The zero-order chi connectivity index (χ0) is 26.6. The van der Waals surface area contributed by atoms with E-state index in [2.05, 4.69) is 51.5 Å². The first-order valence-electron chi connectivity index (χ1n) is 13.5. The van der Waals surface area contributed by atoms with Crippen molar-refractivity contribution in [2.75, 3.05) is 11.9 Å². The first kappa shape index (κ1) is 24.7. The highest BCUT2D eigenvalue weighted by molar-refractivity contribution is 6.14. The van der Waals surface area contributed by atoms with Gasteiger partial charge in [-0.3, -0.25) is 19.8 Å². The van der Waals surface area contributed by atoms with Gasteiger partial charge in [0.2, 0.25) is 5.91 Å². The minimum Gasteiger partial charge on any atom is -0.337 e. The van der Waals surface area contributed by atoms with Crippen LogP contribution in [0, 0.1) is 0 Å². The van der Waals surface area contributed by atoms with Crippen LogP contribution in [-0.4, -0.2) is 38.1 Å². The lowest BCUT2D eigenvalue weighted by Crippen LogP contribution is -2.11. The summed E-state index contributed by atoms with van der Waals surface area (Å²) in [5, 5.41) is 2.98. The predicted octanol–water partition coefficient (Wildman–Crippen LogP) is 6.60. The number of para-hydroxylation sites is 1. The summed E-state index contributed by atoms with van der Waals surface area (Å²) in [7, 11) is 0. The second-order valence-corrected chi connectivity index (χ2v) is 9.82. The van der Waals surface area contributed by atoms with Crippen molar-refractivity contribution < 1.29 is 4.79 Å². The largest absolute Gasteiger partial charge is 0.337 e. The number of nitrogens with zero attached hydrogens (tertiary/aromatic N) is 4. The summed E-state index contributed by atoms with van der Waals surface area (Å²) in [6.45, 7) is 2.82. The van der Waals surface area contributed by atoms with E-state index in [9.17, 15) is 4.79 Å². The van der Waals surface area contributed by atoms with Gasteiger partial charge in [0.15, 0.2) is 5.82 Å². The van der Waals surface area contributed by atoms with Crippen LogP contribution in [0.3, 0.4) is 0 Å². The Bertz CT molecular complexity index is 1670. The molecule has 0 bridgehead atoms. The zero-order valence-corrected chi connectivity index (χ0v) is 21.9. The number of rotatable bonds is 7. The highest BCUT2D eigenvalue weighted by Crippen LogP contribution is 2.30. The summed E-state index contributed by atoms with van der Waals surface area (Å²) in [6.07, 6.45) is 9.63. The van der Waals surface area contributed by atoms with E-state index in [0.717, 1.165) is 82.7 Å². The number of H-pyrrole nitrogens is 1. The Hall–Kier alpha value is -4.65. The highest BCUT2D eigenvalue weighted by Gasteiger charge is 2.20. The standard InChI is InChI=1S/C32H30N6O/c1-2-3-12-29(39)36-24-17-23(19-33-20-24)22-14-13-21-8-7-16-35-31(26(21)18-22)32-37-28-11-6-9-25(30(28)38-32)27-10-4-5-15-34-27/h4-6,9-11,13-15,17-20H,2-3,7-8,12,16H2,1H3,(H,36,39)(H,37,38). The van der Waals surface area contributed by atoms with E-state index in [1.165, 1.54) is 5.56 Å². The summed E-state index contributed by atoms with van der Waals surface area (Å²) in [5.74, 6) is 0.769. The van der Waals surface area contributed by atoms with Crippen LogP contribution in [0.4, 0.5) is 5.69 Å². The Balaban J connectivity index is 1.37.